The van der Waals surface area contributed by atoms with E-state index >= 15 is 0 Å². The quantitative estimate of drug-likeness (QED) is 0.223. The summed E-state index contributed by atoms with van der Waals surface area (Å²) in [6, 6.07) is 0. The molecule has 160 valence electrons. The average molecular weight is 469 g/mol. The molecule has 5 atom stereocenters. The third kappa shape index (κ3) is 6.77. The van der Waals surface area contributed by atoms with Gasteiger partial charge in [-0.25, -0.2) is 18.5 Å². The Morgan fingerprint density at radius 3 is 2.39 bits per heavy atom. The zero-order chi connectivity index (χ0) is 21.3. The Labute approximate surface area is 153 Å². The van der Waals surface area contributed by atoms with Crippen LogP contribution in [0.1, 0.15) is 12.6 Å². The van der Waals surface area contributed by atoms with Crippen molar-refractivity contribution in [3.63, 3.8) is 0 Å². The molecule has 0 aliphatic carbocycles. The van der Waals surface area contributed by atoms with Crippen LogP contribution < -0.4 is 11.2 Å². The highest BCUT2D eigenvalue weighted by Gasteiger charge is 2.43. The topological polar surface area (TPSA) is 257 Å². The van der Waals surface area contributed by atoms with E-state index < -0.39 is 59.8 Å². The van der Waals surface area contributed by atoms with Crippen LogP contribution in [0.2, 0.25) is 0 Å². The van der Waals surface area contributed by atoms with Gasteiger partial charge in [0.1, 0.15) is 12.3 Å². The SMILES string of the molecule is O=c1cnn(C2CC(O)C(COP(=O)(O)OP(=O)(O)OP(=O)(O)O)O2)c(=O)[nH]1. The minimum Gasteiger partial charge on any atom is -0.390 e. The number of nitrogens with zero attached hydrogens (tertiary/aromatic N) is 2. The fraction of sp³-hybridized carbons (Fsp3) is 0.625. The number of H-pyrrole nitrogens is 1. The lowest BCUT2D eigenvalue weighted by Gasteiger charge is -2.19. The van der Waals surface area contributed by atoms with Crippen LogP contribution in [0.25, 0.3) is 0 Å². The molecule has 1 fully saturated rings. The van der Waals surface area contributed by atoms with Crippen LogP contribution in [0.15, 0.2) is 15.8 Å². The molecule has 6 N–H and O–H groups in total. The summed E-state index contributed by atoms with van der Waals surface area (Å²) in [7, 11) is -16.6. The average Bonchev–Trinajstić information content (AvgIpc) is 2.82. The first kappa shape index (κ1) is 23.2. The normalized spacial score (nSPS) is 27.2. The van der Waals surface area contributed by atoms with Crippen molar-refractivity contribution in [3.05, 3.63) is 27.0 Å². The van der Waals surface area contributed by atoms with Crippen molar-refractivity contribution in [2.45, 2.75) is 24.9 Å². The molecule has 0 radical (unpaired) electrons. The van der Waals surface area contributed by atoms with E-state index in [9.17, 15) is 33.3 Å². The summed E-state index contributed by atoms with van der Waals surface area (Å²) in [6.45, 7) is -0.903. The zero-order valence-electron chi connectivity index (χ0n) is 13.4. The molecule has 1 aromatic rings. The summed E-state index contributed by atoms with van der Waals surface area (Å²) >= 11 is 0. The van der Waals surface area contributed by atoms with Crippen LogP contribution in [0.3, 0.4) is 0 Å². The first-order chi connectivity index (χ1) is 12.7. The lowest BCUT2D eigenvalue weighted by molar-refractivity contribution is -0.0497. The predicted octanol–water partition coefficient (Wildman–Crippen LogP) is -2.08. The Balaban J connectivity index is 1.99. The highest BCUT2D eigenvalue weighted by molar-refractivity contribution is 7.66. The maximum Gasteiger partial charge on any atom is 0.490 e. The minimum atomic E-state index is -5.68. The Bertz CT molecular complexity index is 967. The number of hydrogen-bond acceptors (Lipinski definition) is 11. The number of phosphoric acid groups is 3. The van der Waals surface area contributed by atoms with E-state index in [0.29, 0.717) is 4.68 Å². The lowest BCUT2D eigenvalue weighted by Crippen LogP contribution is -2.34. The second kappa shape index (κ2) is 8.36. The van der Waals surface area contributed by atoms with Crippen molar-refractivity contribution < 1.29 is 56.3 Å². The summed E-state index contributed by atoms with van der Waals surface area (Å²) in [6.07, 6.45) is -3.32. The molecule has 2 rings (SSSR count). The van der Waals surface area contributed by atoms with E-state index in [-0.39, 0.29) is 6.42 Å². The van der Waals surface area contributed by atoms with Crippen LogP contribution in [-0.2, 0) is 31.6 Å². The summed E-state index contributed by atoms with van der Waals surface area (Å²) in [4.78, 5) is 59.7. The molecular formula is C8H14N3O14P3. The molecule has 2 heterocycles. The first-order valence-electron chi connectivity index (χ1n) is 6.97. The number of ether oxygens (including phenoxy) is 1. The Kier molecular flexibility index (Phi) is 6.93. The summed E-state index contributed by atoms with van der Waals surface area (Å²) < 4.78 is 50.6. The van der Waals surface area contributed by atoms with Gasteiger partial charge in [-0.05, 0) is 0 Å². The maximum absolute atomic E-state index is 11.6. The molecule has 17 nitrogen and oxygen atoms in total. The first-order valence-corrected chi connectivity index (χ1v) is 11.5. The summed E-state index contributed by atoms with van der Waals surface area (Å²) in [5, 5.41) is 13.4. The minimum absolute atomic E-state index is 0.233. The molecule has 20 heteroatoms. The predicted molar refractivity (Wildman–Crippen MR) is 83.5 cm³/mol. The van der Waals surface area contributed by atoms with Crippen molar-refractivity contribution >= 4 is 23.5 Å². The van der Waals surface area contributed by atoms with Crippen molar-refractivity contribution in [2.24, 2.45) is 0 Å². The molecule has 1 aliphatic heterocycles. The monoisotopic (exact) mass is 469 g/mol. The Morgan fingerprint density at radius 1 is 1.18 bits per heavy atom. The molecule has 1 aromatic heterocycles. The van der Waals surface area contributed by atoms with E-state index in [4.69, 9.17) is 19.4 Å². The van der Waals surface area contributed by atoms with E-state index in [2.05, 4.69) is 18.2 Å². The van der Waals surface area contributed by atoms with Crippen molar-refractivity contribution in [2.75, 3.05) is 6.61 Å². The van der Waals surface area contributed by atoms with Gasteiger partial charge in [0.25, 0.3) is 5.56 Å². The number of aromatic amines is 1. The molecule has 0 saturated carbocycles. The van der Waals surface area contributed by atoms with E-state index in [1.807, 2.05) is 4.98 Å². The smallest absolute Gasteiger partial charge is 0.390 e. The number of aliphatic hydroxyl groups is 1. The van der Waals surface area contributed by atoms with Gasteiger partial charge in [-0.1, -0.05) is 0 Å². The molecular weight excluding hydrogens is 455 g/mol. The van der Waals surface area contributed by atoms with Gasteiger partial charge in [0.2, 0.25) is 0 Å². The van der Waals surface area contributed by atoms with Crippen molar-refractivity contribution in [1.82, 2.24) is 14.8 Å². The van der Waals surface area contributed by atoms with E-state index in [1.54, 1.807) is 0 Å². The third-order valence-corrected chi connectivity index (χ3v) is 6.84. The third-order valence-electron chi connectivity index (χ3n) is 3.03. The Morgan fingerprint density at radius 2 is 1.82 bits per heavy atom. The van der Waals surface area contributed by atoms with E-state index in [1.165, 1.54) is 0 Å². The van der Waals surface area contributed by atoms with Gasteiger partial charge in [0, 0.05) is 6.42 Å². The van der Waals surface area contributed by atoms with Gasteiger partial charge >= 0.3 is 29.2 Å². The van der Waals surface area contributed by atoms with Gasteiger partial charge in [0.05, 0.1) is 12.7 Å². The van der Waals surface area contributed by atoms with Crippen LogP contribution >= 0.6 is 23.5 Å². The molecule has 0 amide bonds. The summed E-state index contributed by atoms with van der Waals surface area (Å²) in [5.74, 6) is 0. The molecule has 0 bridgehead atoms. The van der Waals surface area contributed by atoms with Crippen LogP contribution in [0.5, 0.6) is 0 Å². The second-order valence-corrected chi connectivity index (χ2v) is 9.62. The summed E-state index contributed by atoms with van der Waals surface area (Å²) in [5.41, 5.74) is -1.72. The van der Waals surface area contributed by atoms with Crippen LogP contribution in [0, 0.1) is 0 Å². The van der Waals surface area contributed by atoms with Gasteiger partial charge in [-0.3, -0.25) is 14.3 Å². The number of rotatable bonds is 8. The molecule has 1 saturated heterocycles. The molecule has 0 spiro atoms. The van der Waals surface area contributed by atoms with Crippen molar-refractivity contribution in [1.29, 1.82) is 0 Å². The lowest BCUT2D eigenvalue weighted by atomic mass is 10.2. The van der Waals surface area contributed by atoms with Gasteiger partial charge in [-0.2, -0.15) is 18.4 Å². The highest BCUT2D eigenvalue weighted by Crippen LogP contribution is 2.66. The molecule has 1 aliphatic rings. The largest absolute Gasteiger partial charge is 0.490 e. The zero-order valence-corrected chi connectivity index (χ0v) is 16.1. The number of hydrogen-bond donors (Lipinski definition) is 6. The van der Waals surface area contributed by atoms with Crippen molar-refractivity contribution in [3.8, 4) is 0 Å². The number of aliphatic hydroxyl groups excluding tert-OH is 1. The second-order valence-electron chi connectivity index (χ2n) is 5.20. The standard InChI is InChI=1S/C8H14N3O14P3/c12-4-1-7(11-8(14)10-6(13)2-9-11)23-5(4)3-22-27(18,19)25-28(20,21)24-26(15,16)17/h2,4-5,7,12H,1,3H2,(H,18,19)(H,20,21)(H,10,13,14)(H2,15,16,17). The van der Waals surface area contributed by atoms with Gasteiger partial charge < -0.3 is 29.4 Å². The van der Waals surface area contributed by atoms with Gasteiger partial charge in [-0.15, -0.1) is 0 Å². The van der Waals surface area contributed by atoms with E-state index in [0.717, 1.165) is 6.20 Å². The number of nitrogens with one attached hydrogen (secondary N) is 1. The fourth-order valence-corrected chi connectivity index (χ4v) is 5.08. The Hall–Kier alpha value is -1.06. The van der Waals surface area contributed by atoms with Crippen LogP contribution in [-0.4, -0.2) is 58.3 Å². The number of aromatic nitrogens is 3. The van der Waals surface area contributed by atoms with Gasteiger partial charge in [0.15, 0.2) is 6.23 Å². The molecule has 0 aromatic carbocycles. The fourth-order valence-electron chi connectivity index (χ4n) is 2.05. The maximum atomic E-state index is 11.6. The molecule has 28 heavy (non-hydrogen) atoms. The molecule has 5 unspecified atom stereocenters. The van der Waals surface area contributed by atoms with Crippen LogP contribution in [0.4, 0.5) is 0 Å². The highest BCUT2D eigenvalue weighted by atomic mass is 31.3. The number of phosphoric ester groups is 1.